The number of methoxy groups -OCH3 is 2. The Bertz CT molecular complexity index is 728. The van der Waals surface area contributed by atoms with E-state index < -0.39 is 0 Å². The smallest absolute Gasteiger partial charge is 0.191 e. The van der Waals surface area contributed by atoms with Gasteiger partial charge in [0.2, 0.25) is 0 Å². The summed E-state index contributed by atoms with van der Waals surface area (Å²) in [6, 6.07) is 8.59. The Balaban J connectivity index is 0.00000338. The van der Waals surface area contributed by atoms with Crippen LogP contribution in [0.3, 0.4) is 0 Å². The van der Waals surface area contributed by atoms with Crippen LogP contribution >= 0.6 is 24.0 Å². The minimum Gasteiger partial charge on any atom is -0.493 e. The maximum atomic E-state index is 13.6. The summed E-state index contributed by atoms with van der Waals surface area (Å²) in [5.41, 5.74) is 1.32. The second-order valence-electron chi connectivity index (χ2n) is 5.17. The van der Waals surface area contributed by atoms with Crippen molar-refractivity contribution in [1.82, 2.24) is 15.6 Å². The second-order valence-corrected chi connectivity index (χ2v) is 5.17. The highest BCUT2D eigenvalue weighted by atomic mass is 127. The third-order valence-electron chi connectivity index (χ3n) is 3.47. The number of nitrogens with zero attached hydrogens (tertiary/aromatic N) is 2. The molecule has 2 rings (SSSR count). The summed E-state index contributed by atoms with van der Waals surface area (Å²) in [7, 11) is 3.19. The van der Waals surface area contributed by atoms with Gasteiger partial charge < -0.3 is 20.1 Å². The number of guanidine groups is 1. The molecule has 0 spiro atoms. The van der Waals surface area contributed by atoms with Crippen LogP contribution < -0.4 is 20.1 Å². The minimum atomic E-state index is -0.342. The molecule has 6 nitrogen and oxygen atoms in total. The molecule has 0 aliphatic rings. The highest BCUT2D eigenvalue weighted by Gasteiger charge is 2.06. The lowest BCUT2D eigenvalue weighted by Crippen LogP contribution is -2.37. The molecular weight excluding hydrogens is 450 g/mol. The third kappa shape index (κ3) is 6.32. The van der Waals surface area contributed by atoms with E-state index in [1.807, 2.05) is 25.1 Å². The summed E-state index contributed by atoms with van der Waals surface area (Å²) in [4.78, 5) is 8.53. The summed E-state index contributed by atoms with van der Waals surface area (Å²) in [6.07, 6.45) is 1.56. The van der Waals surface area contributed by atoms with Crippen LogP contribution in [-0.2, 0) is 13.1 Å². The molecule has 0 aliphatic carbocycles. The average molecular weight is 474 g/mol. The van der Waals surface area contributed by atoms with Crippen molar-refractivity contribution < 1.29 is 13.9 Å². The molecule has 1 heterocycles. The Hall–Kier alpha value is -2.10. The lowest BCUT2D eigenvalue weighted by atomic mass is 10.2. The molecule has 1 aromatic heterocycles. The predicted molar refractivity (Wildman–Crippen MR) is 111 cm³/mol. The largest absolute Gasteiger partial charge is 0.493 e. The topological polar surface area (TPSA) is 67.8 Å². The Morgan fingerprint density at radius 2 is 1.92 bits per heavy atom. The first-order chi connectivity index (χ1) is 12.2. The number of benzene rings is 1. The number of hydrogen-bond donors (Lipinski definition) is 2. The maximum Gasteiger partial charge on any atom is 0.191 e. The van der Waals surface area contributed by atoms with Crippen molar-refractivity contribution in [2.24, 2.45) is 4.99 Å². The third-order valence-corrected chi connectivity index (χ3v) is 3.47. The maximum absolute atomic E-state index is 13.6. The SMILES string of the molecule is CCNC(=NCc1ccc(OC)c(OC)c1)NCc1ncccc1F.I. The minimum absolute atomic E-state index is 0. The first-order valence-corrected chi connectivity index (χ1v) is 8.00. The van der Waals surface area contributed by atoms with Gasteiger partial charge in [-0.2, -0.15) is 0 Å². The van der Waals surface area contributed by atoms with Gasteiger partial charge in [0, 0.05) is 12.7 Å². The molecule has 0 atom stereocenters. The number of halogens is 2. The fourth-order valence-corrected chi connectivity index (χ4v) is 2.21. The van der Waals surface area contributed by atoms with Gasteiger partial charge in [0.1, 0.15) is 5.82 Å². The molecule has 0 unspecified atom stereocenters. The van der Waals surface area contributed by atoms with E-state index >= 15 is 0 Å². The van der Waals surface area contributed by atoms with E-state index in [1.165, 1.54) is 6.07 Å². The molecule has 0 saturated heterocycles. The average Bonchev–Trinajstić information content (AvgIpc) is 2.64. The predicted octanol–water partition coefficient (Wildman–Crippen LogP) is 3.11. The van der Waals surface area contributed by atoms with E-state index in [0.717, 1.165) is 5.56 Å². The molecule has 0 bridgehead atoms. The molecule has 0 saturated carbocycles. The molecule has 0 amide bonds. The van der Waals surface area contributed by atoms with E-state index in [4.69, 9.17) is 9.47 Å². The van der Waals surface area contributed by atoms with Crippen molar-refractivity contribution in [3.8, 4) is 11.5 Å². The summed E-state index contributed by atoms with van der Waals surface area (Å²) in [6.45, 7) is 3.36. The molecule has 8 heteroatoms. The molecule has 0 radical (unpaired) electrons. The Morgan fingerprint density at radius 3 is 2.58 bits per heavy atom. The first kappa shape index (κ1) is 21.9. The van der Waals surface area contributed by atoms with Crippen LogP contribution in [0.2, 0.25) is 0 Å². The van der Waals surface area contributed by atoms with Crippen molar-refractivity contribution in [2.45, 2.75) is 20.0 Å². The number of nitrogens with one attached hydrogen (secondary N) is 2. The summed E-state index contributed by atoms with van der Waals surface area (Å²) < 4.78 is 24.2. The summed E-state index contributed by atoms with van der Waals surface area (Å²) >= 11 is 0. The van der Waals surface area contributed by atoms with Crippen molar-refractivity contribution in [3.63, 3.8) is 0 Å². The van der Waals surface area contributed by atoms with Crippen LogP contribution in [0.5, 0.6) is 11.5 Å². The number of ether oxygens (including phenoxy) is 2. The zero-order valence-corrected chi connectivity index (χ0v) is 17.4. The van der Waals surface area contributed by atoms with Crippen molar-refractivity contribution in [2.75, 3.05) is 20.8 Å². The highest BCUT2D eigenvalue weighted by Crippen LogP contribution is 2.27. The molecular formula is C18H24FIN4O2. The van der Waals surface area contributed by atoms with Crippen molar-refractivity contribution in [3.05, 3.63) is 53.6 Å². The van der Waals surface area contributed by atoms with Gasteiger partial charge in [0.25, 0.3) is 0 Å². The van der Waals surface area contributed by atoms with Gasteiger partial charge in [-0.1, -0.05) is 6.07 Å². The van der Waals surface area contributed by atoms with Gasteiger partial charge in [-0.15, -0.1) is 24.0 Å². The number of aliphatic imine (C=N–C) groups is 1. The summed E-state index contributed by atoms with van der Waals surface area (Å²) in [5, 5.41) is 6.21. The second kappa shape index (κ2) is 11.5. The number of hydrogen-bond acceptors (Lipinski definition) is 4. The van der Waals surface area contributed by atoms with Gasteiger partial charge in [0.15, 0.2) is 17.5 Å². The van der Waals surface area contributed by atoms with Gasteiger partial charge in [-0.05, 0) is 36.8 Å². The lowest BCUT2D eigenvalue weighted by Gasteiger charge is -2.12. The van der Waals surface area contributed by atoms with E-state index in [9.17, 15) is 4.39 Å². The van der Waals surface area contributed by atoms with Gasteiger partial charge in [0.05, 0.1) is 33.0 Å². The van der Waals surface area contributed by atoms with Gasteiger partial charge >= 0.3 is 0 Å². The first-order valence-electron chi connectivity index (χ1n) is 8.00. The Kier molecular flexibility index (Phi) is 9.71. The van der Waals surface area contributed by atoms with Gasteiger partial charge in [-0.3, -0.25) is 4.98 Å². The highest BCUT2D eigenvalue weighted by molar-refractivity contribution is 14.0. The standard InChI is InChI=1S/C18H23FN4O2.HI/c1-4-20-18(23-12-15-14(19)6-5-9-21-15)22-11-13-7-8-16(24-2)17(10-13)25-3;/h5-10H,4,11-12H2,1-3H3,(H2,20,22,23);1H. The quantitative estimate of drug-likeness (QED) is 0.367. The lowest BCUT2D eigenvalue weighted by molar-refractivity contribution is 0.354. The van der Waals surface area contributed by atoms with Crippen LogP contribution in [0, 0.1) is 5.82 Å². The summed E-state index contributed by atoms with van der Waals surface area (Å²) in [5.74, 6) is 1.57. The fraction of sp³-hybridized carbons (Fsp3) is 0.333. The van der Waals surface area contributed by atoms with E-state index in [-0.39, 0.29) is 36.3 Å². The molecule has 2 N–H and O–H groups in total. The molecule has 1 aromatic carbocycles. The zero-order chi connectivity index (χ0) is 18.1. The Morgan fingerprint density at radius 1 is 1.15 bits per heavy atom. The fourth-order valence-electron chi connectivity index (χ4n) is 2.21. The number of rotatable bonds is 7. The normalized spacial score (nSPS) is 10.7. The van der Waals surface area contributed by atoms with Crippen LogP contribution in [0.25, 0.3) is 0 Å². The van der Waals surface area contributed by atoms with Crippen LogP contribution in [-0.4, -0.2) is 31.7 Å². The monoisotopic (exact) mass is 474 g/mol. The van der Waals surface area contributed by atoms with Crippen LogP contribution in [0.15, 0.2) is 41.5 Å². The Labute approximate surface area is 170 Å². The van der Waals surface area contributed by atoms with Crippen LogP contribution in [0.4, 0.5) is 4.39 Å². The van der Waals surface area contributed by atoms with E-state index in [2.05, 4.69) is 20.6 Å². The molecule has 0 aliphatic heterocycles. The molecule has 142 valence electrons. The molecule has 26 heavy (non-hydrogen) atoms. The van der Waals surface area contributed by atoms with Crippen molar-refractivity contribution in [1.29, 1.82) is 0 Å². The van der Waals surface area contributed by atoms with Crippen LogP contribution in [0.1, 0.15) is 18.2 Å². The van der Waals surface area contributed by atoms with Gasteiger partial charge in [-0.25, -0.2) is 9.38 Å². The van der Waals surface area contributed by atoms with E-state index in [0.29, 0.717) is 36.2 Å². The zero-order valence-electron chi connectivity index (χ0n) is 15.1. The number of pyridine rings is 1. The van der Waals surface area contributed by atoms with E-state index in [1.54, 1.807) is 26.5 Å². The number of aromatic nitrogens is 1. The van der Waals surface area contributed by atoms with Crippen molar-refractivity contribution >= 4 is 29.9 Å². The molecule has 0 fully saturated rings. The molecule has 2 aromatic rings.